The van der Waals surface area contributed by atoms with E-state index >= 15 is 0 Å². The van der Waals surface area contributed by atoms with Crippen molar-refractivity contribution in [3.63, 3.8) is 0 Å². The lowest BCUT2D eigenvalue weighted by Crippen LogP contribution is -2.30. The first-order valence-corrected chi connectivity index (χ1v) is 8.01. The molecule has 1 aliphatic rings. The molecule has 1 aliphatic carbocycles. The smallest absolute Gasteiger partial charge is 0.242 e. The number of nitrogens with two attached hydrogens (primary N) is 1. The van der Waals surface area contributed by atoms with Crippen LogP contribution in [0.2, 0.25) is 0 Å². The molecule has 3 N–H and O–H groups in total. The molecule has 6 nitrogen and oxygen atoms in total. The molecule has 1 saturated carbocycles. The molecule has 1 aromatic carbocycles. The number of benzene rings is 1. The molecule has 0 atom stereocenters. The van der Waals surface area contributed by atoms with Gasteiger partial charge in [0.05, 0.1) is 22.9 Å². The zero-order valence-electron chi connectivity index (χ0n) is 11.8. The predicted molar refractivity (Wildman–Crippen MR) is 79.2 cm³/mol. The van der Waals surface area contributed by atoms with Crippen LogP contribution in [0.5, 0.6) is 0 Å². The lowest BCUT2D eigenvalue weighted by atomic mass is 10.2. The van der Waals surface area contributed by atoms with Crippen molar-refractivity contribution < 1.29 is 13.5 Å². The van der Waals surface area contributed by atoms with E-state index < -0.39 is 10.0 Å². The van der Waals surface area contributed by atoms with Crippen molar-refractivity contribution in [2.45, 2.75) is 23.8 Å². The number of hydrogen-bond donors (Lipinski definition) is 2. The maximum absolute atomic E-state index is 12.1. The van der Waals surface area contributed by atoms with Crippen LogP contribution < -0.4 is 10.6 Å². The van der Waals surface area contributed by atoms with E-state index in [9.17, 15) is 8.42 Å². The fraction of sp³-hybridized carbons (Fsp3) is 0.538. The number of rotatable bonds is 6. The molecule has 1 aromatic rings. The third-order valence-electron chi connectivity index (χ3n) is 3.42. The van der Waals surface area contributed by atoms with Crippen molar-refractivity contribution in [3.8, 4) is 0 Å². The number of hydrogen-bond acceptors (Lipinski definition) is 5. The first-order valence-electron chi connectivity index (χ1n) is 6.57. The normalized spacial score (nSPS) is 15.6. The molecule has 0 radical (unpaired) electrons. The number of nitrogen functional groups attached to an aromatic ring is 1. The van der Waals surface area contributed by atoms with Gasteiger partial charge in [0.25, 0.3) is 0 Å². The summed E-state index contributed by atoms with van der Waals surface area (Å²) >= 11 is 0. The van der Waals surface area contributed by atoms with Crippen LogP contribution in [0.15, 0.2) is 23.1 Å². The van der Waals surface area contributed by atoms with E-state index in [4.69, 9.17) is 10.8 Å². The summed E-state index contributed by atoms with van der Waals surface area (Å²) in [7, 11) is -0.498. The molecule has 112 valence electrons. The van der Waals surface area contributed by atoms with Crippen LogP contribution in [0.4, 0.5) is 11.4 Å². The van der Waals surface area contributed by atoms with Gasteiger partial charge in [0, 0.05) is 26.7 Å². The van der Waals surface area contributed by atoms with Crippen molar-refractivity contribution >= 4 is 21.4 Å². The third-order valence-corrected chi connectivity index (χ3v) is 5.23. The van der Waals surface area contributed by atoms with E-state index in [2.05, 4.69) is 0 Å². The van der Waals surface area contributed by atoms with Crippen molar-refractivity contribution in [2.24, 2.45) is 0 Å². The lowest BCUT2D eigenvalue weighted by molar-refractivity contribution is 0.301. The molecule has 0 aromatic heterocycles. The van der Waals surface area contributed by atoms with Crippen molar-refractivity contribution in [3.05, 3.63) is 18.2 Å². The Bertz CT molecular complexity index is 583. The standard InChI is InChI=1S/C13H21N3O3S/c1-15(2)20(18,19)11-5-6-13(12(14)9-11)16(7-8-17)10-3-4-10/h5-6,9-10,17H,3-4,7-8,14H2,1-2H3. The Balaban J connectivity index is 2.34. The van der Waals surface area contributed by atoms with Gasteiger partial charge in [0.15, 0.2) is 0 Å². The first kappa shape index (κ1) is 15.1. The Morgan fingerprint density at radius 2 is 2.00 bits per heavy atom. The van der Waals surface area contributed by atoms with E-state index in [0.29, 0.717) is 18.3 Å². The average Bonchev–Trinajstić information content (AvgIpc) is 3.20. The SMILES string of the molecule is CN(C)S(=O)(=O)c1ccc(N(CCO)C2CC2)c(N)c1. The second kappa shape index (κ2) is 5.59. The van der Waals surface area contributed by atoms with Gasteiger partial charge >= 0.3 is 0 Å². The zero-order valence-corrected chi connectivity index (χ0v) is 12.6. The van der Waals surface area contributed by atoms with Crippen LogP contribution in [0.3, 0.4) is 0 Å². The van der Waals surface area contributed by atoms with E-state index in [1.54, 1.807) is 12.1 Å². The van der Waals surface area contributed by atoms with Crippen molar-refractivity contribution in [1.82, 2.24) is 4.31 Å². The maximum Gasteiger partial charge on any atom is 0.242 e. The molecule has 7 heteroatoms. The molecule has 0 amide bonds. The fourth-order valence-corrected chi connectivity index (χ4v) is 3.10. The second-order valence-electron chi connectivity index (χ2n) is 5.16. The molecule has 0 aliphatic heterocycles. The predicted octanol–water partition coefficient (Wildman–Crippen LogP) is 0.480. The van der Waals surface area contributed by atoms with E-state index in [0.717, 1.165) is 22.8 Å². The van der Waals surface area contributed by atoms with Crippen molar-refractivity contribution in [1.29, 1.82) is 0 Å². The second-order valence-corrected chi connectivity index (χ2v) is 7.31. The summed E-state index contributed by atoms with van der Waals surface area (Å²) in [6.45, 7) is 0.558. The third kappa shape index (κ3) is 2.89. The minimum Gasteiger partial charge on any atom is -0.397 e. The monoisotopic (exact) mass is 299 g/mol. The molecule has 20 heavy (non-hydrogen) atoms. The topological polar surface area (TPSA) is 86.9 Å². The molecule has 2 rings (SSSR count). The summed E-state index contributed by atoms with van der Waals surface area (Å²) in [6, 6.07) is 5.17. The average molecular weight is 299 g/mol. The summed E-state index contributed by atoms with van der Waals surface area (Å²) < 4.78 is 25.3. The molecule has 0 saturated heterocycles. The Morgan fingerprint density at radius 3 is 2.45 bits per heavy atom. The van der Waals surface area contributed by atoms with E-state index in [-0.39, 0.29) is 11.5 Å². The van der Waals surface area contributed by atoms with Crippen LogP contribution in [0.25, 0.3) is 0 Å². The number of anilines is 2. The Morgan fingerprint density at radius 1 is 1.35 bits per heavy atom. The van der Waals surface area contributed by atoms with Crippen LogP contribution in [-0.2, 0) is 10.0 Å². The van der Waals surface area contributed by atoms with Gasteiger partial charge in [-0.1, -0.05) is 0 Å². The highest BCUT2D eigenvalue weighted by Gasteiger charge is 2.30. The maximum atomic E-state index is 12.1. The largest absolute Gasteiger partial charge is 0.397 e. The molecule has 1 fully saturated rings. The number of sulfonamides is 1. The molecule has 0 spiro atoms. The number of aliphatic hydroxyl groups is 1. The minimum atomic E-state index is -3.47. The van der Waals surface area contributed by atoms with Gasteiger partial charge in [-0.2, -0.15) is 0 Å². The van der Waals surface area contributed by atoms with Gasteiger partial charge in [0.2, 0.25) is 10.0 Å². The van der Waals surface area contributed by atoms with Gasteiger partial charge < -0.3 is 15.7 Å². The Labute approximate surface area is 119 Å². The highest BCUT2D eigenvalue weighted by molar-refractivity contribution is 7.89. The molecular weight excluding hydrogens is 278 g/mol. The Hall–Kier alpha value is -1.31. The van der Waals surface area contributed by atoms with Gasteiger partial charge in [-0.15, -0.1) is 0 Å². The van der Waals surface area contributed by atoms with E-state index in [1.165, 1.54) is 20.2 Å². The van der Waals surface area contributed by atoms with Crippen LogP contribution in [-0.4, -0.2) is 51.1 Å². The minimum absolute atomic E-state index is 0.0493. The zero-order chi connectivity index (χ0) is 14.9. The summed E-state index contributed by atoms with van der Waals surface area (Å²) in [4.78, 5) is 2.23. The number of aliphatic hydroxyl groups excluding tert-OH is 1. The lowest BCUT2D eigenvalue weighted by Gasteiger charge is -2.25. The molecule has 0 heterocycles. The fourth-order valence-electron chi connectivity index (χ4n) is 2.16. The quantitative estimate of drug-likeness (QED) is 0.746. The highest BCUT2D eigenvalue weighted by atomic mass is 32.2. The Kier molecular flexibility index (Phi) is 4.22. The van der Waals surface area contributed by atoms with Crippen molar-refractivity contribution in [2.75, 3.05) is 37.9 Å². The van der Waals surface area contributed by atoms with Gasteiger partial charge in [0.1, 0.15) is 0 Å². The first-order chi connectivity index (χ1) is 9.37. The summed E-state index contributed by atoms with van der Waals surface area (Å²) in [5.41, 5.74) is 7.22. The molecule has 0 bridgehead atoms. The highest BCUT2D eigenvalue weighted by Crippen LogP contribution is 2.35. The number of nitrogens with zero attached hydrogens (tertiary/aromatic N) is 2. The summed E-state index contributed by atoms with van der Waals surface area (Å²) in [5, 5.41) is 9.14. The van der Waals surface area contributed by atoms with Gasteiger partial charge in [-0.3, -0.25) is 0 Å². The summed E-state index contributed by atoms with van der Waals surface area (Å²) in [5.74, 6) is 0. The van der Waals surface area contributed by atoms with Crippen LogP contribution in [0.1, 0.15) is 12.8 Å². The molecule has 0 unspecified atom stereocenters. The molecular formula is C13H21N3O3S. The van der Waals surface area contributed by atoms with E-state index in [1.807, 2.05) is 4.90 Å². The van der Waals surface area contributed by atoms with Crippen LogP contribution in [0, 0.1) is 0 Å². The van der Waals surface area contributed by atoms with Gasteiger partial charge in [-0.25, -0.2) is 12.7 Å². The van der Waals surface area contributed by atoms with Crippen LogP contribution >= 0.6 is 0 Å². The van der Waals surface area contributed by atoms with Gasteiger partial charge in [-0.05, 0) is 31.0 Å². The summed E-state index contributed by atoms with van der Waals surface area (Å²) in [6.07, 6.45) is 2.16.